The summed E-state index contributed by atoms with van der Waals surface area (Å²) in [5.74, 6) is 1.53. The smallest absolute Gasteiger partial charge is 0.125 e. The van der Waals surface area contributed by atoms with Crippen LogP contribution in [0.1, 0.15) is 34.1 Å². The summed E-state index contributed by atoms with van der Waals surface area (Å²) in [5.41, 5.74) is 6.46. The van der Waals surface area contributed by atoms with Gasteiger partial charge in [-0.1, -0.05) is 6.92 Å². The van der Waals surface area contributed by atoms with E-state index in [2.05, 4.69) is 6.92 Å². The van der Waals surface area contributed by atoms with Gasteiger partial charge in [0, 0.05) is 23.9 Å². The van der Waals surface area contributed by atoms with Crippen LogP contribution in [-0.2, 0) is 0 Å². The molecule has 1 unspecified atom stereocenters. The van der Waals surface area contributed by atoms with Gasteiger partial charge in [0.15, 0.2) is 0 Å². The average molecular weight is 223 g/mol. The van der Waals surface area contributed by atoms with Gasteiger partial charge in [0.1, 0.15) is 11.5 Å². The molecule has 1 rings (SSSR count). The third-order valence-corrected chi connectivity index (χ3v) is 2.19. The van der Waals surface area contributed by atoms with E-state index in [1.807, 2.05) is 39.0 Å². The zero-order valence-electron chi connectivity index (χ0n) is 10.5. The molecular formula is C13H21NO2. The van der Waals surface area contributed by atoms with E-state index in [1.165, 1.54) is 0 Å². The molecule has 1 aromatic carbocycles. The zero-order chi connectivity index (χ0) is 12.1. The maximum atomic E-state index is 5.79. The first-order valence-corrected chi connectivity index (χ1v) is 5.75. The largest absolute Gasteiger partial charge is 0.491 e. The second kappa shape index (κ2) is 5.64. The van der Waals surface area contributed by atoms with E-state index in [0.29, 0.717) is 5.69 Å². The zero-order valence-corrected chi connectivity index (χ0v) is 10.5. The van der Waals surface area contributed by atoms with Crippen molar-refractivity contribution in [3.05, 3.63) is 18.2 Å². The highest BCUT2D eigenvalue weighted by atomic mass is 16.5. The van der Waals surface area contributed by atoms with Crippen LogP contribution in [0.3, 0.4) is 0 Å². The van der Waals surface area contributed by atoms with Crippen LogP contribution in [0.25, 0.3) is 0 Å². The highest BCUT2D eigenvalue weighted by molar-refractivity contribution is 5.50. The molecular weight excluding hydrogens is 202 g/mol. The molecule has 0 aliphatic heterocycles. The Balaban J connectivity index is 2.81. The number of rotatable bonds is 5. The summed E-state index contributed by atoms with van der Waals surface area (Å²) >= 11 is 0. The number of nitrogens with two attached hydrogens (primary N) is 1. The van der Waals surface area contributed by atoms with Crippen LogP contribution in [0.4, 0.5) is 5.69 Å². The molecule has 2 N–H and O–H groups in total. The Morgan fingerprint density at radius 1 is 1.06 bits per heavy atom. The third kappa shape index (κ3) is 4.01. The molecule has 0 aliphatic carbocycles. The Labute approximate surface area is 97.6 Å². The van der Waals surface area contributed by atoms with Gasteiger partial charge in [-0.05, 0) is 27.2 Å². The van der Waals surface area contributed by atoms with Gasteiger partial charge < -0.3 is 15.2 Å². The van der Waals surface area contributed by atoms with Gasteiger partial charge in [-0.2, -0.15) is 0 Å². The lowest BCUT2D eigenvalue weighted by atomic mass is 10.2. The fourth-order valence-corrected chi connectivity index (χ4v) is 1.32. The highest BCUT2D eigenvalue weighted by Crippen LogP contribution is 2.26. The molecule has 0 heterocycles. The van der Waals surface area contributed by atoms with Crippen molar-refractivity contribution >= 4 is 5.69 Å². The molecule has 16 heavy (non-hydrogen) atoms. The minimum Gasteiger partial charge on any atom is -0.491 e. The van der Waals surface area contributed by atoms with Crippen LogP contribution in [0.5, 0.6) is 11.5 Å². The number of hydrogen-bond acceptors (Lipinski definition) is 3. The maximum Gasteiger partial charge on any atom is 0.125 e. The molecule has 1 atom stereocenters. The van der Waals surface area contributed by atoms with Crippen molar-refractivity contribution in [2.75, 3.05) is 5.73 Å². The molecule has 3 heteroatoms. The van der Waals surface area contributed by atoms with Crippen molar-refractivity contribution in [1.82, 2.24) is 0 Å². The molecule has 0 aliphatic rings. The summed E-state index contributed by atoms with van der Waals surface area (Å²) in [6.07, 6.45) is 1.29. The van der Waals surface area contributed by atoms with Gasteiger partial charge in [-0.15, -0.1) is 0 Å². The second-order valence-corrected chi connectivity index (χ2v) is 4.24. The summed E-state index contributed by atoms with van der Waals surface area (Å²) in [7, 11) is 0. The summed E-state index contributed by atoms with van der Waals surface area (Å²) in [5, 5.41) is 0. The molecule has 0 radical (unpaired) electrons. The Hall–Kier alpha value is -1.38. The molecule has 0 amide bonds. The topological polar surface area (TPSA) is 44.5 Å². The van der Waals surface area contributed by atoms with Gasteiger partial charge in [0.25, 0.3) is 0 Å². The Morgan fingerprint density at radius 3 is 2.12 bits per heavy atom. The van der Waals surface area contributed by atoms with Crippen molar-refractivity contribution < 1.29 is 9.47 Å². The maximum absolute atomic E-state index is 5.79. The number of ether oxygens (including phenoxy) is 2. The van der Waals surface area contributed by atoms with Crippen molar-refractivity contribution in [2.24, 2.45) is 0 Å². The first kappa shape index (κ1) is 12.7. The van der Waals surface area contributed by atoms with E-state index < -0.39 is 0 Å². The van der Waals surface area contributed by atoms with E-state index in [-0.39, 0.29) is 12.2 Å². The number of anilines is 1. The van der Waals surface area contributed by atoms with Gasteiger partial charge in [0.05, 0.1) is 12.2 Å². The van der Waals surface area contributed by atoms with Crippen LogP contribution in [0.2, 0.25) is 0 Å². The molecule has 0 spiro atoms. The number of hydrogen-bond donors (Lipinski definition) is 1. The lowest BCUT2D eigenvalue weighted by Gasteiger charge is -2.15. The van der Waals surface area contributed by atoms with Crippen LogP contribution in [0, 0.1) is 0 Å². The first-order chi connectivity index (χ1) is 7.51. The Kier molecular flexibility index (Phi) is 4.47. The van der Waals surface area contributed by atoms with Gasteiger partial charge in [-0.3, -0.25) is 0 Å². The van der Waals surface area contributed by atoms with E-state index in [4.69, 9.17) is 15.2 Å². The monoisotopic (exact) mass is 223 g/mol. The quantitative estimate of drug-likeness (QED) is 0.779. The first-order valence-electron chi connectivity index (χ1n) is 5.75. The van der Waals surface area contributed by atoms with Crippen LogP contribution < -0.4 is 15.2 Å². The lowest BCUT2D eigenvalue weighted by Crippen LogP contribution is -2.11. The molecule has 90 valence electrons. The summed E-state index contributed by atoms with van der Waals surface area (Å²) in [6.45, 7) is 8.09. The van der Waals surface area contributed by atoms with Crippen LogP contribution in [0.15, 0.2) is 18.2 Å². The molecule has 0 fully saturated rings. The van der Waals surface area contributed by atoms with Crippen LogP contribution >= 0.6 is 0 Å². The SMILES string of the molecule is CCC(C)Oc1cc(N)cc(OC(C)C)c1. The van der Waals surface area contributed by atoms with Crippen molar-refractivity contribution in [3.63, 3.8) is 0 Å². The van der Waals surface area contributed by atoms with Crippen molar-refractivity contribution in [3.8, 4) is 11.5 Å². The minimum atomic E-state index is 0.137. The second-order valence-electron chi connectivity index (χ2n) is 4.24. The Bertz CT molecular complexity index is 337. The van der Waals surface area contributed by atoms with Crippen molar-refractivity contribution in [2.45, 2.75) is 46.3 Å². The average Bonchev–Trinajstić information content (AvgIpc) is 2.15. The van der Waals surface area contributed by atoms with Gasteiger partial charge in [-0.25, -0.2) is 0 Å². The molecule has 0 bridgehead atoms. The predicted molar refractivity (Wildman–Crippen MR) is 67.0 cm³/mol. The summed E-state index contributed by atoms with van der Waals surface area (Å²) in [4.78, 5) is 0. The predicted octanol–water partition coefficient (Wildman–Crippen LogP) is 3.23. The third-order valence-electron chi connectivity index (χ3n) is 2.19. The molecule has 0 aromatic heterocycles. The fraction of sp³-hybridized carbons (Fsp3) is 0.538. The molecule has 3 nitrogen and oxygen atoms in total. The van der Waals surface area contributed by atoms with E-state index in [1.54, 1.807) is 0 Å². The number of benzene rings is 1. The number of nitrogen functional groups attached to an aromatic ring is 1. The normalized spacial score (nSPS) is 12.6. The lowest BCUT2D eigenvalue weighted by molar-refractivity contribution is 0.212. The molecule has 1 aromatic rings. The standard InChI is InChI=1S/C13H21NO2/c1-5-10(4)16-13-7-11(14)6-12(8-13)15-9(2)3/h6-10H,5,14H2,1-4H3. The van der Waals surface area contributed by atoms with Gasteiger partial charge >= 0.3 is 0 Å². The Morgan fingerprint density at radius 2 is 1.62 bits per heavy atom. The minimum absolute atomic E-state index is 0.137. The van der Waals surface area contributed by atoms with E-state index in [9.17, 15) is 0 Å². The highest BCUT2D eigenvalue weighted by Gasteiger charge is 2.05. The van der Waals surface area contributed by atoms with Crippen LogP contribution in [-0.4, -0.2) is 12.2 Å². The molecule has 0 saturated heterocycles. The summed E-state index contributed by atoms with van der Waals surface area (Å²) in [6, 6.07) is 5.51. The summed E-state index contributed by atoms with van der Waals surface area (Å²) < 4.78 is 11.3. The van der Waals surface area contributed by atoms with E-state index >= 15 is 0 Å². The van der Waals surface area contributed by atoms with E-state index in [0.717, 1.165) is 17.9 Å². The van der Waals surface area contributed by atoms with Gasteiger partial charge in [0.2, 0.25) is 0 Å². The molecule has 0 saturated carbocycles. The van der Waals surface area contributed by atoms with Crippen molar-refractivity contribution in [1.29, 1.82) is 0 Å². The fourth-order valence-electron chi connectivity index (χ4n) is 1.32.